The molecule has 2 N–H and O–H groups in total. The van der Waals surface area contributed by atoms with Crippen molar-refractivity contribution in [1.82, 2.24) is 4.98 Å². The van der Waals surface area contributed by atoms with Crippen LogP contribution in [-0.2, 0) is 0 Å². The quantitative estimate of drug-likeness (QED) is 0.888. The highest BCUT2D eigenvalue weighted by atomic mass is 32.1. The Balaban J connectivity index is 2.21. The maximum atomic E-state index is 12.3. The number of ether oxygens (including phenoxy) is 2. The summed E-state index contributed by atoms with van der Waals surface area (Å²) >= 11 is 1.31. The highest BCUT2D eigenvalue weighted by molar-refractivity contribution is 7.17. The van der Waals surface area contributed by atoms with Gasteiger partial charge in [0.2, 0.25) is 0 Å². The third-order valence-electron chi connectivity index (χ3n) is 2.86. The molecule has 0 bridgehead atoms. The van der Waals surface area contributed by atoms with Crippen LogP contribution in [0.3, 0.4) is 0 Å². The molecule has 1 aromatic carbocycles. The molecule has 0 saturated heterocycles. The predicted molar refractivity (Wildman–Crippen MR) is 83.9 cm³/mol. The fourth-order valence-electron chi connectivity index (χ4n) is 1.82. The Hall–Kier alpha value is -2.28. The Kier molecular flexibility index (Phi) is 4.64. The zero-order valence-electron chi connectivity index (χ0n) is 12.3. The number of thiazole rings is 1. The van der Waals surface area contributed by atoms with Gasteiger partial charge in [0.1, 0.15) is 4.88 Å². The zero-order valence-corrected chi connectivity index (χ0v) is 13.1. The van der Waals surface area contributed by atoms with Gasteiger partial charge in [0.05, 0.1) is 19.9 Å². The molecule has 2 aromatic rings. The summed E-state index contributed by atoms with van der Waals surface area (Å²) in [6, 6.07) is 5.22. The summed E-state index contributed by atoms with van der Waals surface area (Å²) in [5, 5.41) is 6.47. The number of methoxy groups -OCH3 is 2. The first kappa shape index (κ1) is 15.1. The maximum absolute atomic E-state index is 12.3. The summed E-state index contributed by atoms with van der Waals surface area (Å²) in [6.45, 7) is 1.81. The maximum Gasteiger partial charge on any atom is 0.267 e. The van der Waals surface area contributed by atoms with E-state index in [4.69, 9.17) is 9.47 Å². The van der Waals surface area contributed by atoms with Gasteiger partial charge in [-0.3, -0.25) is 4.79 Å². The van der Waals surface area contributed by atoms with Crippen molar-refractivity contribution >= 4 is 28.1 Å². The lowest BCUT2D eigenvalue weighted by atomic mass is 10.2. The van der Waals surface area contributed by atoms with Crippen molar-refractivity contribution in [3.05, 3.63) is 28.8 Å². The van der Waals surface area contributed by atoms with Crippen molar-refractivity contribution in [1.29, 1.82) is 0 Å². The lowest BCUT2D eigenvalue weighted by molar-refractivity contribution is 0.103. The number of carbonyl (C=O) groups is 1. The van der Waals surface area contributed by atoms with E-state index in [-0.39, 0.29) is 5.91 Å². The molecule has 0 aliphatic carbocycles. The molecule has 0 atom stereocenters. The number of hydrogen-bond acceptors (Lipinski definition) is 6. The first-order valence-electron chi connectivity index (χ1n) is 6.27. The molecule has 0 fully saturated rings. The fraction of sp³-hybridized carbons (Fsp3) is 0.286. The molecule has 0 aliphatic heterocycles. The van der Waals surface area contributed by atoms with E-state index in [1.165, 1.54) is 11.3 Å². The molecule has 6 nitrogen and oxygen atoms in total. The molecular weight excluding hydrogens is 290 g/mol. The summed E-state index contributed by atoms with van der Waals surface area (Å²) in [7, 11) is 4.89. The van der Waals surface area contributed by atoms with E-state index in [0.29, 0.717) is 32.9 Å². The van der Waals surface area contributed by atoms with Gasteiger partial charge in [-0.05, 0) is 19.1 Å². The van der Waals surface area contributed by atoms with Gasteiger partial charge in [-0.1, -0.05) is 11.3 Å². The summed E-state index contributed by atoms with van der Waals surface area (Å²) in [4.78, 5) is 17.1. The minimum Gasteiger partial charge on any atom is -0.493 e. The number of rotatable bonds is 5. The summed E-state index contributed by atoms with van der Waals surface area (Å²) in [5.74, 6) is 0.980. The van der Waals surface area contributed by atoms with E-state index < -0.39 is 0 Å². The van der Waals surface area contributed by atoms with E-state index in [2.05, 4.69) is 15.6 Å². The number of carbonyl (C=O) groups excluding carboxylic acids is 1. The number of amides is 1. The van der Waals surface area contributed by atoms with Crippen molar-refractivity contribution in [3.63, 3.8) is 0 Å². The van der Waals surface area contributed by atoms with Gasteiger partial charge in [-0.15, -0.1) is 0 Å². The van der Waals surface area contributed by atoms with Crippen LogP contribution in [0, 0.1) is 6.92 Å². The van der Waals surface area contributed by atoms with Crippen LogP contribution in [0.4, 0.5) is 10.8 Å². The topological polar surface area (TPSA) is 72.5 Å². The number of nitrogens with one attached hydrogen (secondary N) is 2. The molecule has 2 rings (SSSR count). The second-order valence-electron chi connectivity index (χ2n) is 4.21. The van der Waals surface area contributed by atoms with Crippen molar-refractivity contribution in [2.24, 2.45) is 0 Å². The Morgan fingerprint density at radius 3 is 2.52 bits per heavy atom. The molecule has 0 unspecified atom stereocenters. The first-order chi connectivity index (χ1) is 10.1. The average molecular weight is 307 g/mol. The lowest BCUT2D eigenvalue weighted by Crippen LogP contribution is -2.11. The molecule has 21 heavy (non-hydrogen) atoms. The van der Waals surface area contributed by atoms with Gasteiger partial charge >= 0.3 is 0 Å². The molecule has 1 amide bonds. The van der Waals surface area contributed by atoms with E-state index in [1.807, 2.05) is 0 Å². The van der Waals surface area contributed by atoms with Crippen LogP contribution in [-0.4, -0.2) is 32.2 Å². The first-order valence-corrected chi connectivity index (χ1v) is 7.09. The van der Waals surface area contributed by atoms with Crippen molar-refractivity contribution in [2.45, 2.75) is 6.92 Å². The summed E-state index contributed by atoms with van der Waals surface area (Å²) in [6.07, 6.45) is 0. The molecule has 112 valence electrons. The highest BCUT2D eigenvalue weighted by Gasteiger charge is 2.15. The Morgan fingerprint density at radius 1 is 1.24 bits per heavy atom. The Labute approximate surface area is 127 Å². The third-order valence-corrected chi connectivity index (χ3v) is 4.03. The standard InChI is InChI=1S/C14H17N3O3S/c1-8-12(21-14(15-2)16-8)13(18)17-9-5-6-10(19-3)11(7-9)20-4/h5-7H,1-4H3,(H,15,16)(H,17,18). The minimum atomic E-state index is -0.196. The zero-order chi connectivity index (χ0) is 15.4. The van der Waals surface area contributed by atoms with E-state index in [9.17, 15) is 4.79 Å². The van der Waals surface area contributed by atoms with E-state index in [0.717, 1.165) is 0 Å². The normalized spacial score (nSPS) is 10.1. The van der Waals surface area contributed by atoms with Gasteiger partial charge in [0.15, 0.2) is 16.6 Å². The van der Waals surface area contributed by atoms with E-state index >= 15 is 0 Å². The molecule has 0 spiro atoms. The average Bonchev–Trinajstić information content (AvgIpc) is 2.88. The largest absolute Gasteiger partial charge is 0.493 e. The van der Waals surface area contributed by atoms with Crippen LogP contribution in [0.15, 0.2) is 18.2 Å². The van der Waals surface area contributed by atoms with Crippen LogP contribution < -0.4 is 20.1 Å². The van der Waals surface area contributed by atoms with Gasteiger partial charge in [0.25, 0.3) is 5.91 Å². The lowest BCUT2D eigenvalue weighted by Gasteiger charge is -2.10. The van der Waals surface area contributed by atoms with Crippen LogP contribution in [0.25, 0.3) is 0 Å². The molecular formula is C14H17N3O3S. The monoisotopic (exact) mass is 307 g/mol. The van der Waals surface area contributed by atoms with Gasteiger partial charge in [0, 0.05) is 18.8 Å². The minimum absolute atomic E-state index is 0.196. The van der Waals surface area contributed by atoms with Crippen molar-refractivity contribution < 1.29 is 14.3 Å². The predicted octanol–water partition coefficient (Wildman–Crippen LogP) is 2.76. The van der Waals surface area contributed by atoms with Gasteiger partial charge in [-0.2, -0.15) is 0 Å². The second kappa shape index (κ2) is 6.45. The number of nitrogens with zero attached hydrogens (tertiary/aromatic N) is 1. The number of anilines is 2. The summed E-state index contributed by atoms with van der Waals surface area (Å²) in [5.41, 5.74) is 1.33. The van der Waals surface area contributed by atoms with Crippen LogP contribution in [0.2, 0.25) is 0 Å². The van der Waals surface area contributed by atoms with Crippen LogP contribution in [0.1, 0.15) is 15.4 Å². The SMILES string of the molecule is CNc1nc(C)c(C(=O)Nc2ccc(OC)c(OC)c2)s1. The van der Waals surface area contributed by atoms with E-state index in [1.54, 1.807) is 46.4 Å². The fourth-order valence-corrected chi connectivity index (χ4v) is 2.63. The Bertz CT molecular complexity index is 655. The molecule has 0 aliphatic rings. The number of benzene rings is 1. The molecule has 7 heteroatoms. The second-order valence-corrected chi connectivity index (χ2v) is 5.21. The van der Waals surface area contributed by atoms with Gasteiger partial charge in [-0.25, -0.2) is 4.98 Å². The molecule has 0 saturated carbocycles. The van der Waals surface area contributed by atoms with Crippen LogP contribution >= 0.6 is 11.3 Å². The molecule has 1 heterocycles. The van der Waals surface area contributed by atoms with Crippen molar-refractivity contribution in [2.75, 3.05) is 31.9 Å². The molecule has 0 radical (unpaired) electrons. The number of hydrogen-bond donors (Lipinski definition) is 2. The Morgan fingerprint density at radius 2 is 1.95 bits per heavy atom. The smallest absolute Gasteiger partial charge is 0.267 e. The summed E-state index contributed by atoms with van der Waals surface area (Å²) < 4.78 is 10.4. The van der Waals surface area contributed by atoms with Crippen LogP contribution in [0.5, 0.6) is 11.5 Å². The number of aryl methyl sites for hydroxylation is 1. The molecule has 1 aromatic heterocycles. The third kappa shape index (κ3) is 3.25. The number of aromatic nitrogens is 1. The highest BCUT2D eigenvalue weighted by Crippen LogP contribution is 2.30. The van der Waals surface area contributed by atoms with Crippen molar-refractivity contribution in [3.8, 4) is 11.5 Å². The van der Waals surface area contributed by atoms with Gasteiger partial charge < -0.3 is 20.1 Å².